The molecule has 0 spiro atoms. The van der Waals surface area contributed by atoms with E-state index in [1.54, 1.807) is 0 Å². The Morgan fingerprint density at radius 3 is 2.69 bits per heavy atom. The summed E-state index contributed by atoms with van der Waals surface area (Å²) in [5.74, 6) is -1.49. The topological polar surface area (TPSA) is 66.0 Å². The Labute approximate surface area is 89.5 Å². The van der Waals surface area contributed by atoms with Gasteiger partial charge in [0.15, 0.2) is 5.82 Å². The third-order valence-corrected chi connectivity index (χ3v) is 1.93. The molecule has 5 nitrogen and oxygen atoms in total. The van der Waals surface area contributed by atoms with Gasteiger partial charge >= 0.3 is 6.01 Å². The Kier molecular flexibility index (Phi) is 2.43. The molecule has 7 heteroatoms. The van der Waals surface area contributed by atoms with Crippen molar-refractivity contribution in [2.45, 2.75) is 0 Å². The van der Waals surface area contributed by atoms with Crippen molar-refractivity contribution in [3.05, 3.63) is 29.8 Å². The molecule has 0 aliphatic heterocycles. The van der Waals surface area contributed by atoms with Crippen LogP contribution in [-0.2, 0) is 0 Å². The highest BCUT2D eigenvalue weighted by atomic mass is 19.1. The number of ether oxygens (including phenoxy) is 1. The average molecular weight is 226 g/mol. The average Bonchev–Trinajstić information content (AvgIpc) is 2.60. The fourth-order valence-corrected chi connectivity index (χ4v) is 1.22. The largest absolute Gasteiger partial charge is 0.466 e. The van der Waals surface area contributed by atoms with Gasteiger partial charge in [-0.25, -0.2) is 8.78 Å². The normalized spacial score (nSPS) is 10.4. The van der Waals surface area contributed by atoms with Gasteiger partial charge in [0.1, 0.15) is 11.5 Å². The zero-order chi connectivity index (χ0) is 11.7. The highest BCUT2D eigenvalue weighted by molar-refractivity contribution is 5.39. The molecular weight excluding hydrogens is 218 g/mol. The standard InChI is InChI=1S/C9H8F2N4O/c1-16-9-13-8(12)15(14-9)7-3-2-5(10)4-6(7)11/h2-4H,1H3,(H2,12,13,14). The van der Waals surface area contributed by atoms with Crippen molar-refractivity contribution in [3.63, 3.8) is 0 Å². The van der Waals surface area contributed by atoms with E-state index in [1.807, 2.05) is 0 Å². The van der Waals surface area contributed by atoms with E-state index in [0.717, 1.165) is 16.8 Å². The molecule has 0 unspecified atom stereocenters. The quantitative estimate of drug-likeness (QED) is 0.833. The first-order chi connectivity index (χ1) is 7.61. The first kappa shape index (κ1) is 10.3. The van der Waals surface area contributed by atoms with Crippen LogP contribution >= 0.6 is 0 Å². The summed E-state index contributed by atoms with van der Waals surface area (Å²) in [4.78, 5) is 3.72. The van der Waals surface area contributed by atoms with Crippen molar-refractivity contribution in [1.29, 1.82) is 0 Å². The van der Waals surface area contributed by atoms with E-state index in [4.69, 9.17) is 10.5 Å². The highest BCUT2D eigenvalue weighted by Gasteiger charge is 2.13. The van der Waals surface area contributed by atoms with E-state index in [2.05, 4.69) is 10.1 Å². The summed E-state index contributed by atoms with van der Waals surface area (Å²) in [7, 11) is 1.36. The monoisotopic (exact) mass is 226 g/mol. The second-order valence-corrected chi connectivity index (χ2v) is 2.96. The number of rotatable bonds is 2. The molecule has 1 heterocycles. The van der Waals surface area contributed by atoms with Crippen LogP contribution in [0.4, 0.5) is 14.7 Å². The minimum atomic E-state index is -0.778. The molecule has 0 atom stereocenters. The van der Waals surface area contributed by atoms with Gasteiger partial charge in [-0.15, -0.1) is 5.10 Å². The Hall–Kier alpha value is -2.18. The number of nitrogen functional groups attached to an aromatic ring is 1. The molecule has 0 saturated carbocycles. The first-order valence-corrected chi connectivity index (χ1v) is 4.34. The fourth-order valence-electron chi connectivity index (χ4n) is 1.22. The lowest BCUT2D eigenvalue weighted by Gasteiger charge is -2.03. The lowest BCUT2D eigenvalue weighted by atomic mass is 10.3. The number of benzene rings is 1. The van der Waals surface area contributed by atoms with Crippen LogP contribution < -0.4 is 10.5 Å². The summed E-state index contributed by atoms with van der Waals surface area (Å²) in [6, 6.07) is 3.07. The molecular formula is C9H8F2N4O. The van der Waals surface area contributed by atoms with Crippen LogP contribution in [0.5, 0.6) is 6.01 Å². The molecule has 0 saturated heterocycles. The highest BCUT2D eigenvalue weighted by Crippen LogP contribution is 2.18. The summed E-state index contributed by atoms with van der Waals surface area (Å²) in [6.45, 7) is 0. The second kappa shape index (κ2) is 3.76. The molecule has 2 N–H and O–H groups in total. The van der Waals surface area contributed by atoms with Gasteiger partial charge < -0.3 is 10.5 Å². The molecule has 0 bridgehead atoms. The van der Waals surface area contributed by atoms with Crippen molar-refractivity contribution >= 4 is 5.95 Å². The van der Waals surface area contributed by atoms with Crippen molar-refractivity contribution < 1.29 is 13.5 Å². The minimum Gasteiger partial charge on any atom is -0.466 e. The molecule has 2 aromatic rings. The van der Waals surface area contributed by atoms with Crippen LogP contribution in [0.3, 0.4) is 0 Å². The van der Waals surface area contributed by atoms with Gasteiger partial charge in [0.25, 0.3) is 0 Å². The van der Waals surface area contributed by atoms with Crippen LogP contribution in [-0.4, -0.2) is 21.9 Å². The molecule has 1 aromatic carbocycles. The van der Waals surface area contributed by atoms with Gasteiger partial charge in [0, 0.05) is 6.07 Å². The number of methoxy groups -OCH3 is 1. The molecule has 0 aliphatic rings. The van der Waals surface area contributed by atoms with Gasteiger partial charge in [-0.05, 0) is 12.1 Å². The number of aromatic nitrogens is 3. The lowest BCUT2D eigenvalue weighted by molar-refractivity contribution is 0.379. The van der Waals surface area contributed by atoms with Gasteiger partial charge in [0.2, 0.25) is 5.95 Å². The SMILES string of the molecule is COc1nc(N)n(-c2ccc(F)cc2F)n1. The number of nitrogens with two attached hydrogens (primary N) is 1. The summed E-state index contributed by atoms with van der Waals surface area (Å²) < 4.78 is 31.9. The lowest BCUT2D eigenvalue weighted by Crippen LogP contribution is -2.05. The van der Waals surface area contributed by atoms with Crippen molar-refractivity contribution in [1.82, 2.24) is 14.8 Å². The number of halogens is 2. The van der Waals surface area contributed by atoms with E-state index in [0.29, 0.717) is 0 Å². The molecule has 84 valence electrons. The number of nitrogens with zero attached hydrogens (tertiary/aromatic N) is 3. The van der Waals surface area contributed by atoms with Crippen LogP contribution in [0.25, 0.3) is 5.69 Å². The van der Waals surface area contributed by atoms with Crippen LogP contribution in [0, 0.1) is 11.6 Å². The van der Waals surface area contributed by atoms with Crippen molar-refractivity contribution in [2.75, 3.05) is 12.8 Å². The third kappa shape index (κ3) is 1.67. The minimum absolute atomic E-state index is 0.00898. The summed E-state index contributed by atoms with van der Waals surface area (Å²) >= 11 is 0. The summed E-state index contributed by atoms with van der Waals surface area (Å²) in [5, 5.41) is 3.78. The molecule has 0 radical (unpaired) electrons. The van der Waals surface area contributed by atoms with E-state index in [9.17, 15) is 8.78 Å². The van der Waals surface area contributed by atoms with Gasteiger partial charge in [0.05, 0.1) is 7.11 Å². The first-order valence-electron chi connectivity index (χ1n) is 4.34. The smallest absolute Gasteiger partial charge is 0.337 e. The maximum atomic E-state index is 13.4. The maximum Gasteiger partial charge on any atom is 0.337 e. The van der Waals surface area contributed by atoms with Crippen molar-refractivity contribution in [3.8, 4) is 11.7 Å². The predicted octanol–water partition coefficient (Wildman–Crippen LogP) is 1.14. The molecule has 0 amide bonds. The zero-order valence-corrected chi connectivity index (χ0v) is 8.32. The number of hydrogen-bond donors (Lipinski definition) is 1. The zero-order valence-electron chi connectivity index (χ0n) is 8.32. The summed E-state index contributed by atoms with van der Waals surface area (Å²) in [6.07, 6.45) is 0. The van der Waals surface area contributed by atoms with E-state index >= 15 is 0 Å². The van der Waals surface area contributed by atoms with E-state index in [-0.39, 0.29) is 17.6 Å². The summed E-state index contributed by atoms with van der Waals surface area (Å²) in [5.41, 5.74) is 5.51. The molecule has 0 aliphatic carbocycles. The Morgan fingerprint density at radius 2 is 2.12 bits per heavy atom. The fraction of sp³-hybridized carbons (Fsp3) is 0.111. The van der Waals surface area contributed by atoms with Gasteiger partial charge in [-0.2, -0.15) is 9.67 Å². The molecule has 16 heavy (non-hydrogen) atoms. The predicted molar refractivity (Wildman–Crippen MR) is 52.2 cm³/mol. The van der Waals surface area contributed by atoms with Crippen LogP contribution in [0.2, 0.25) is 0 Å². The Morgan fingerprint density at radius 1 is 1.38 bits per heavy atom. The molecule has 1 aromatic heterocycles. The Balaban J connectivity index is 2.53. The molecule has 2 rings (SSSR count). The number of hydrogen-bond acceptors (Lipinski definition) is 4. The van der Waals surface area contributed by atoms with Gasteiger partial charge in [-0.3, -0.25) is 0 Å². The van der Waals surface area contributed by atoms with Crippen molar-refractivity contribution in [2.24, 2.45) is 0 Å². The molecule has 0 fully saturated rings. The van der Waals surface area contributed by atoms with Gasteiger partial charge in [-0.1, -0.05) is 0 Å². The second-order valence-electron chi connectivity index (χ2n) is 2.96. The van der Waals surface area contributed by atoms with Crippen LogP contribution in [0.15, 0.2) is 18.2 Å². The third-order valence-electron chi connectivity index (χ3n) is 1.93. The maximum absolute atomic E-state index is 13.4. The van der Waals surface area contributed by atoms with Crippen LogP contribution in [0.1, 0.15) is 0 Å². The van der Waals surface area contributed by atoms with E-state index < -0.39 is 11.6 Å². The Bertz CT molecular complexity index is 526. The number of anilines is 1. The van der Waals surface area contributed by atoms with E-state index in [1.165, 1.54) is 13.2 Å².